The molecular weight excluding hydrogens is 348 g/mol. The van der Waals surface area contributed by atoms with Gasteiger partial charge in [0.2, 0.25) is 0 Å². The second kappa shape index (κ2) is 10.6. The first-order valence-electron chi connectivity index (χ1n) is 10.0. The van der Waals surface area contributed by atoms with Crippen molar-refractivity contribution < 1.29 is 10.2 Å². The molecule has 0 bridgehead atoms. The van der Waals surface area contributed by atoms with Gasteiger partial charge in [0.25, 0.3) is 0 Å². The van der Waals surface area contributed by atoms with Gasteiger partial charge >= 0.3 is 0 Å². The summed E-state index contributed by atoms with van der Waals surface area (Å²) in [5.74, 6) is 0.583. The van der Waals surface area contributed by atoms with Gasteiger partial charge in [-0.25, -0.2) is 0 Å². The molecule has 2 N–H and O–H groups in total. The molecule has 0 aliphatic carbocycles. The van der Waals surface area contributed by atoms with E-state index in [2.05, 4.69) is 9.98 Å². The second-order valence-corrected chi connectivity index (χ2v) is 7.39. The summed E-state index contributed by atoms with van der Waals surface area (Å²) in [6, 6.07) is 11.2. The van der Waals surface area contributed by atoms with Crippen molar-refractivity contribution in [2.75, 3.05) is 13.1 Å². The number of aryl methyl sites for hydroxylation is 2. The van der Waals surface area contributed by atoms with Crippen molar-refractivity contribution in [3.05, 3.63) is 58.7 Å². The van der Waals surface area contributed by atoms with E-state index < -0.39 is 0 Å². The normalized spacial score (nSPS) is 12.4. The van der Waals surface area contributed by atoms with Crippen LogP contribution in [0.4, 0.5) is 0 Å². The SMILES string of the molecule is C/C(=N/CCCCCC/N=C(/C)c1cc(C)ccc1O)c1cc(C)ccc1O. The molecule has 0 saturated heterocycles. The van der Waals surface area contributed by atoms with Gasteiger partial charge in [-0.3, -0.25) is 9.98 Å². The van der Waals surface area contributed by atoms with Crippen molar-refractivity contribution in [3.63, 3.8) is 0 Å². The Hall–Kier alpha value is -2.62. The van der Waals surface area contributed by atoms with Gasteiger partial charge in [0.15, 0.2) is 0 Å². The Morgan fingerprint density at radius 1 is 0.679 bits per heavy atom. The van der Waals surface area contributed by atoms with E-state index in [-0.39, 0.29) is 0 Å². The van der Waals surface area contributed by atoms with E-state index >= 15 is 0 Å². The molecule has 2 rings (SSSR count). The molecule has 4 heteroatoms. The van der Waals surface area contributed by atoms with Crippen LogP contribution in [0, 0.1) is 13.8 Å². The van der Waals surface area contributed by atoms with E-state index in [9.17, 15) is 10.2 Å². The fourth-order valence-corrected chi connectivity index (χ4v) is 3.12. The molecule has 2 aromatic carbocycles. The number of aliphatic imine (C=N–C) groups is 2. The van der Waals surface area contributed by atoms with Gasteiger partial charge in [0.1, 0.15) is 11.5 Å². The van der Waals surface area contributed by atoms with Crippen molar-refractivity contribution in [2.24, 2.45) is 9.98 Å². The molecule has 0 spiro atoms. The summed E-state index contributed by atoms with van der Waals surface area (Å²) in [4.78, 5) is 9.20. The molecular formula is C24H32N2O2. The fourth-order valence-electron chi connectivity index (χ4n) is 3.12. The number of phenolic OH excluding ortho intramolecular Hbond substituents is 2. The molecule has 0 amide bonds. The van der Waals surface area contributed by atoms with E-state index in [0.29, 0.717) is 11.5 Å². The van der Waals surface area contributed by atoms with Gasteiger partial charge in [-0.15, -0.1) is 0 Å². The van der Waals surface area contributed by atoms with Crippen molar-refractivity contribution in [2.45, 2.75) is 53.4 Å². The number of benzene rings is 2. The van der Waals surface area contributed by atoms with Crippen LogP contribution >= 0.6 is 0 Å². The van der Waals surface area contributed by atoms with E-state index in [1.165, 1.54) is 0 Å². The average Bonchev–Trinajstić information content (AvgIpc) is 2.67. The van der Waals surface area contributed by atoms with Crippen LogP contribution in [0.25, 0.3) is 0 Å². The van der Waals surface area contributed by atoms with Gasteiger partial charge in [-0.05, 0) is 64.8 Å². The molecule has 0 unspecified atom stereocenters. The molecule has 0 aliphatic rings. The highest BCUT2D eigenvalue weighted by Gasteiger charge is 2.05. The Kier molecular flexibility index (Phi) is 8.24. The van der Waals surface area contributed by atoms with E-state index in [0.717, 1.165) is 72.4 Å². The lowest BCUT2D eigenvalue weighted by Gasteiger charge is -2.06. The van der Waals surface area contributed by atoms with Crippen LogP contribution < -0.4 is 0 Å². The predicted molar refractivity (Wildman–Crippen MR) is 118 cm³/mol. The summed E-state index contributed by atoms with van der Waals surface area (Å²) in [5, 5.41) is 19.9. The van der Waals surface area contributed by atoms with Crippen LogP contribution in [-0.2, 0) is 0 Å². The molecule has 150 valence electrons. The third-order valence-corrected chi connectivity index (χ3v) is 4.85. The summed E-state index contributed by atoms with van der Waals surface area (Å²) in [5.41, 5.74) is 5.67. The Morgan fingerprint density at radius 3 is 1.46 bits per heavy atom. The number of hydrogen-bond acceptors (Lipinski definition) is 4. The molecule has 0 heterocycles. The second-order valence-electron chi connectivity index (χ2n) is 7.39. The zero-order valence-electron chi connectivity index (χ0n) is 17.5. The molecule has 0 atom stereocenters. The average molecular weight is 381 g/mol. The molecule has 0 radical (unpaired) electrons. The highest BCUT2D eigenvalue weighted by molar-refractivity contribution is 6.01. The molecule has 0 fully saturated rings. The number of phenols is 2. The van der Waals surface area contributed by atoms with Crippen LogP contribution in [0.3, 0.4) is 0 Å². The lowest BCUT2D eigenvalue weighted by molar-refractivity contribution is 0.473. The van der Waals surface area contributed by atoms with E-state index in [1.54, 1.807) is 12.1 Å². The Labute approximate surface area is 168 Å². The largest absolute Gasteiger partial charge is 0.507 e. The Balaban J connectivity index is 1.70. The summed E-state index contributed by atoms with van der Waals surface area (Å²) in [6.07, 6.45) is 4.29. The number of nitrogens with zero attached hydrogens (tertiary/aromatic N) is 2. The number of unbranched alkanes of at least 4 members (excludes halogenated alkanes) is 3. The third kappa shape index (κ3) is 6.52. The molecule has 28 heavy (non-hydrogen) atoms. The van der Waals surface area contributed by atoms with Crippen molar-refractivity contribution in [1.82, 2.24) is 0 Å². The van der Waals surface area contributed by atoms with Gasteiger partial charge < -0.3 is 10.2 Å². The van der Waals surface area contributed by atoms with Gasteiger partial charge in [0, 0.05) is 35.6 Å². The zero-order chi connectivity index (χ0) is 20.5. The molecule has 0 aliphatic heterocycles. The number of rotatable bonds is 9. The summed E-state index contributed by atoms with van der Waals surface area (Å²) < 4.78 is 0. The smallest absolute Gasteiger partial charge is 0.124 e. The maximum atomic E-state index is 9.96. The highest BCUT2D eigenvalue weighted by atomic mass is 16.3. The summed E-state index contributed by atoms with van der Waals surface area (Å²) in [6.45, 7) is 9.48. The van der Waals surface area contributed by atoms with Gasteiger partial charge in [0.05, 0.1) is 0 Å². The van der Waals surface area contributed by atoms with Crippen molar-refractivity contribution >= 4 is 11.4 Å². The van der Waals surface area contributed by atoms with E-state index in [1.807, 2.05) is 52.0 Å². The maximum Gasteiger partial charge on any atom is 0.124 e. The summed E-state index contributed by atoms with van der Waals surface area (Å²) in [7, 11) is 0. The Bertz CT molecular complexity index is 782. The minimum absolute atomic E-state index is 0.291. The number of aromatic hydroxyl groups is 2. The first-order valence-corrected chi connectivity index (χ1v) is 10.0. The lowest BCUT2D eigenvalue weighted by Crippen LogP contribution is -1.99. The quantitative estimate of drug-likeness (QED) is 0.440. The van der Waals surface area contributed by atoms with Crippen LogP contribution in [0.15, 0.2) is 46.4 Å². The van der Waals surface area contributed by atoms with E-state index in [4.69, 9.17) is 0 Å². The lowest BCUT2D eigenvalue weighted by atomic mass is 10.1. The van der Waals surface area contributed by atoms with Crippen LogP contribution in [0.5, 0.6) is 11.5 Å². The van der Waals surface area contributed by atoms with Gasteiger partial charge in [-0.2, -0.15) is 0 Å². The molecule has 4 nitrogen and oxygen atoms in total. The third-order valence-electron chi connectivity index (χ3n) is 4.85. The van der Waals surface area contributed by atoms with Crippen LogP contribution in [0.1, 0.15) is 61.8 Å². The predicted octanol–water partition coefficient (Wildman–Crippen LogP) is 5.59. The zero-order valence-corrected chi connectivity index (χ0v) is 17.5. The summed E-state index contributed by atoms with van der Waals surface area (Å²) >= 11 is 0. The van der Waals surface area contributed by atoms with Crippen LogP contribution in [-0.4, -0.2) is 34.7 Å². The van der Waals surface area contributed by atoms with Crippen molar-refractivity contribution in [1.29, 1.82) is 0 Å². The first kappa shape index (κ1) is 21.7. The highest BCUT2D eigenvalue weighted by Crippen LogP contribution is 2.20. The number of hydrogen-bond donors (Lipinski definition) is 2. The maximum absolute atomic E-state index is 9.96. The first-order chi connectivity index (χ1) is 13.4. The Morgan fingerprint density at radius 2 is 1.07 bits per heavy atom. The molecule has 0 saturated carbocycles. The molecule has 0 aromatic heterocycles. The minimum Gasteiger partial charge on any atom is -0.507 e. The monoisotopic (exact) mass is 380 g/mol. The standard InChI is InChI=1S/C24H32N2O2/c1-17-9-11-23(27)21(15-17)19(3)25-13-7-5-6-8-14-26-20(4)22-16-18(2)10-12-24(22)28/h9-12,15-16,27-28H,5-8,13-14H2,1-4H3/b25-19-,26-20-. The van der Waals surface area contributed by atoms with Crippen molar-refractivity contribution in [3.8, 4) is 11.5 Å². The topological polar surface area (TPSA) is 65.2 Å². The molecule has 2 aromatic rings. The van der Waals surface area contributed by atoms with Crippen LogP contribution in [0.2, 0.25) is 0 Å². The fraction of sp³-hybridized carbons (Fsp3) is 0.417. The van der Waals surface area contributed by atoms with Gasteiger partial charge in [-0.1, -0.05) is 36.1 Å². The minimum atomic E-state index is 0.291.